The van der Waals surface area contributed by atoms with Crippen LogP contribution in [0.4, 0.5) is 0 Å². The predicted octanol–water partition coefficient (Wildman–Crippen LogP) is -1.41. The molecular formula is C12H23N3O4. The number of amides is 2. The molecule has 0 radical (unpaired) electrons. The fourth-order valence-electron chi connectivity index (χ4n) is 1.75. The van der Waals surface area contributed by atoms with Crippen molar-refractivity contribution in [3.63, 3.8) is 0 Å². The number of nitrogens with one attached hydrogen (secondary N) is 2. The SMILES string of the molecule is COCCNC(=O)CNC(C)C(=O)N1CCOCC1. The molecule has 1 heterocycles. The van der Waals surface area contributed by atoms with E-state index >= 15 is 0 Å². The van der Waals surface area contributed by atoms with Gasteiger partial charge < -0.3 is 19.7 Å². The van der Waals surface area contributed by atoms with Gasteiger partial charge >= 0.3 is 0 Å². The molecule has 1 unspecified atom stereocenters. The number of carbonyl (C=O) groups excluding carboxylic acids is 2. The first-order chi connectivity index (χ1) is 9.15. The van der Waals surface area contributed by atoms with Crippen LogP contribution in [0.3, 0.4) is 0 Å². The summed E-state index contributed by atoms with van der Waals surface area (Å²) in [7, 11) is 1.58. The van der Waals surface area contributed by atoms with E-state index in [1.54, 1.807) is 18.9 Å². The first kappa shape index (κ1) is 15.9. The van der Waals surface area contributed by atoms with Gasteiger partial charge in [0.15, 0.2) is 0 Å². The topological polar surface area (TPSA) is 79.9 Å². The van der Waals surface area contributed by atoms with E-state index in [1.807, 2.05) is 0 Å². The second-order valence-electron chi connectivity index (χ2n) is 4.38. The summed E-state index contributed by atoms with van der Waals surface area (Å²) in [5.74, 6) is -0.133. The molecule has 110 valence electrons. The number of nitrogens with zero attached hydrogens (tertiary/aromatic N) is 1. The van der Waals surface area contributed by atoms with Crippen molar-refractivity contribution in [1.82, 2.24) is 15.5 Å². The molecule has 0 bridgehead atoms. The highest BCUT2D eigenvalue weighted by atomic mass is 16.5. The molecule has 1 aliphatic rings. The van der Waals surface area contributed by atoms with Crippen LogP contribution < -0.4 is 10.6 Å². The van der Waals surface area contributed by atoms with Crippen molar-refractivity contribution >= 4 is 11.8 Å². The number of rotatable bonds is 7. The van der Waals surface area contributed by atoms with E-state index in [2.05, 4.69) is 10.6 Å². The van der Waals surface area contributed by atoms with Gasteiger partial charge in [0.1, 0.15) is 0 Å². The Balaban J connectivity index is 2.20. The third-order valence-electron chi connectivity index (χ3n) is 2.89. The Bertz CT molecular complexity index is 293. The first-order valence-electron chi connectivity index (χ1n) is 6.50. The molecule has 7 nitrogen and oxygen atoms in total. The van der Waals surface area contributed by atoms with Gasteiger partial charge in [-0.1, -0.05) is 0 Å². The molecule has 1 saturated heterocycles. The Kier molecular flexibility index (Phi) is 7.39. The summed E-state index contributed by atoms with van der Waals surface area (Å²) >= 11 is 0. The molecule has 0 spiro atoms. The Morgan fingerprint density at radius 2 is 2.05 bits per heavy atom. The summed E-state index contributed by atoms with van der Waals surface area (Å²) in [4.78, 5) is 25.2. The minimum Gasteiger partial charge on any atom is -0.383 e. The zero-order valence-electron chi connectivity index (χ0n) is 11.6. The van der Waals surface area contributed by atoms with Gasteiger partial charge in [-0.3, -0.25) is 14.9 Å². The molecule has 2 N–H and O–H groups in total. The van der Waals surface area contributed by atoms with Gasteiger partial charge in [0.2, 0.25) is 11.8 Å². The molecule has 0 aliphatic carbocycles. The summed E-state index contributed by atoms with van der Waals surface area (Å²) in [6, 6.07) is -0.369. The lowest BCUT2D eigenvalue weighted by molar-refractivity contribution is -0.137. The lowest BCUT2D eigenvalue weighted by Crippen LogP contribution is -2.51. The van der Waals surface area contributed by atoms with E-state index in [-0.39, 0.29) is 24.4 Å². The van der Waals surface area contributed by atoms with Crippen LogP contribution in [-0.2, 0) is 19.1 Å². The lowest BCUT2D eigenvalue weighted by Gasteiger charge is -2.29. The van der Waals surface area contributed by atoms with Gasteiger partial charge in [-0.15, -0.1) is 0 Å². The smallest absolute Gasteiger partial charge is 0.239 e. The third-order valence-corrected chi connectivity index (χ3v) is 2.89. The van der Waals surface area contributed by atoms with Crippen molar-refractivity contribution < 1.29 is 19.1 Å². The van der Waals surface area contributed by atoms with E-state index in [1.165, 1.54) is 0 Å². The number of methoxy groups -OCH3 is 1. The van der Waals surface area contributed by atoms with Crippen molar-refractivity contribution in [2.75, 3.05) is 53.1 Å². The average molecular weight is 273 g/mol. The Labute approximate surface area is 113 Å². The zero-order chi connectivity index (χ0) is 14.1. The van der Waals surface area contributed by atoms with E-state index in [4.69, 9.17) is 9.47 Å². The number of hydrogen-bond donors (Lipinski definition) is 2. The molecule has 1 aliphatic heterocycles. The van der Waals surface area contributed by atoms with E-state index in [0.717, 1.165) is 0 Å². The molecule has 2 amide bonds. The summed E-state index contributed by atoms with van der Waals surface area (Å²) in [6.45, 7) is 5.24. The minimum absolute atomic E-state index is 0.00740. The number of hydrogen-bond acceptors (Lipinski definition) is 5. The highest BCUT2D eigenvalue weighted by Gasteiger charge is 2.22. The number of carbonyl (C=O) groups is 2. The highest BCUT2D eigenvalue weighted by Crippen LogP contribution is 2.00. The van der Waals surface area contributed by atoms with Crippen LogP contribution in [0.1, 0.15) is 6.92 Å². The Morgan fingerprint density at radius 3 is 2.68 bits per heavy atom. The maximum absolute atomic E-state index is 12.0. The van der Waals surface area contributed by atoms with Crippen LogP contribution in [0.15, 0.2) is 0 Å². The second kappa shape index (κ2) is 8.84. The van der Waals surface area contributed by atoms with Crippen LogP contribution in [0.25, 0.3) is 0 Å². The summed E-state index contributed by atoms with van der Waals surface area (Å²) in [5, 5.41) is 5.61. The van der Waals surface area contributed by atoms with Gasteiger partial charge in [-0.05, 0) is 6.92 Å². The molecule has 0 aromatic carbocycles. The average Bonchev–Trinajstić information content (AvgIpc) is 2.45. The molecule has 0 aromatic rings. The molecule has 0 saturated carbocycles. The van der Waals surface area contributed by atoms with Crippen molar-refractivity contribution in [3.8, 4) is 0 Å². The summed E-state index contributed by atoms with van der Waals surface area (Å²) in [5.41, 5.74) is 0. The summed E-state index contributed by atoms with van der Waals surface area (Å²) < 4.78 is 10.0. The highest BCUT2D eigenvalue weighted by molar-refractivity contribution is 5.83. The van der Waals surface area contributed by atoms with Gasteiger partial charge in [-0.2, -0.15) is 0 Å². The van der Waals surface area contributed by atoms with Crippen molar-refractivity contribution in [2.24, 2.45) is 0 Å². The second-order valence-corrected chi connectivity index (χ2v) is 4.38. The molecule has 0 aromatic heterocycles. The van der Waals surface area contributed by atoms with Crippen LogP contribution in [0, 0.1) is 0 Å². The molecule has 1 atom stereocenters. The zero-order valence-corrected chi connectivity index (χ0v) is 11.6. The largest absolute Gasteiger partial charge is 0.383 e. The molecule has 7 heteroatoms. The van der Waals surface area contributed by atoms with E-state index < -0.39 is 0 Å². The molecule has 1 rings (SSSR count). The van der Waals surface area contributed by atoms with Crippen molar-refractivity contribution in [2.45, 2.75) is 13.0 Å². The quantitative estimate of drug-likeness (QED) is 0.557. The normalized spacial score (nSPS) is 17.1. The Hall–Kier alpha value is -1.18. The van der Waals surface area contributed by atoms with Crippen LogP contribution in [-0.4, -0.2) is 75.9 Å². The minimum atomic E-state index is -0.369. The molecule has 19 heavy (non-hydrogen) atoms. The van der Waals surface area contributed by atoms with E-state index in [9.17, 15) is 9.59 Å². The Morgan fingerprint density at radius 1 is 1.37 bits per heavy atom. The van der Waals surface area contributed by atoms with Crippen LogP contribution in [0.5, 0.6) is 0 Å². The summed E-state index contributed by atoms with van der Waals surface area (Å²) in [6.07, 6.45) is 0. The van der Waals surface area contributed by atoms with Crippen molar-refractivity contribution in [1.29, 1.82) is 0 Å². The lowest BCUT2D eigenvalue weighted by atomic mass is 10.2. The van der Waals surface area contributed by atoms with Gasteiger partial charge in [0.25, 0.3) is 0 Å². The molecule has 1 fully saturated rings. The molecular weight excluding hydrogens is 250 g/mol. The van der Waals surface area contributed by atoms with E-state index in [0.29, 0.717) is 39.5 Å². The maximum Gasteiger partial charge on any atom is 0.239 e. The predicted molar refractivity (Wildman–Crippen MR) is 69.7 cm³/mol. The maximum atomic E-state index is 12.0. The number of ether oxygens (including phenoxy) is 2. The van der Waals surface area contributed by atoms with Gasteiger partial charge in [0, 0.05) is 26.7 Å². The number of morpholine rings is 1. The monoisotopic (exact) mass is 273 g/mol. The fraction of sp³-hybridized carbons (Fsp3) is 0.833. The van der Waals surface area contributed by atoms with Crippen LogP contribution in [0.2, 0.25) is 0 Å². The van der Waals surface area contributed by atoms with Crippen LogP contribution >= 0.6 is 0 Å². The van der Waals surface area contributed by atoms with Gasteiger partial charge in [0.05, 0.1) is 32.4 Å². The van der Waals surface area contributed by atoms with Crippen molar-refractivity contribution in [3.05, 3.63) is 0 Å². The fourth-order valence-corrected chi connectivity index (χ4v) is 1.75. The third kappa shape index (κ3) is 6.00. The van der Waals surface area contributed by atoms with Gasteiger partial charge in [-0.25, -0.2) is 0 Å². The standard InChI is InChI=1S/C12H23N3O4/c1-10(12(17)15-4-7-19-8-5-15)14-9-11(16)13-3-6-18-2/h10,14H,3-9H2,1-2H3,(H,13,16). The first-order valence-corrected chi connectivity index (χ1v) is 6.50.